The van der Waals surface area contributed by atoms with Gasteiger partial charge in [0.2, 0.25) is 10.0 Å². The molecule has 0 unspecified atom stereocenters. The standard InChI is InChI=1S/C14H20N2O4S/c1-21(18,19)16-14(17)10-7-8-13(12(15)9-10)20-11-5-3-2-4-6-11/h7-9,11H,2-6,15H2,1H3,(H,16,17). The number of carbonyl (C=O) groups is 1. The third-order valence-electron chi connectivity index (χ3n) is 3.40. The van der Waals surface area contributed by atoms with Gasteiger partial charge >= 0.3 is 0 Å². The molecule has 7 heteroatoms. The van der Waals surface area contributed by atoms with Crippen LogP contribution in [0, 0.1) is 0 Å². The number of hydrogen-bond donors (Lipinski definition) is 2. The molecule has 1 saturated carbocycles. The monoisotopic (exact) mass is 312 g/mol. The molecule has 6 nitrogen and oxygen atoms in total. The van der Waals surface area contributed by atoms with E-state index in [4.69, 9.17) is 10.5 Å². The van der Waals surface area contributed by atoms with Gasteiger partial charge in [-0.25, -0.2) is 13.1 Å². The van der Waals surface area contributed by atoms with E-state index in [9.17, 15) is 13.2 Å². The Balaban J connectivity index is 2.08. The molecule has 1 aliphatic carbocycles. The minimum atomic E-state index is -3.59. The number of hydrogen-bond acceptors (Lipinski definition) is 5. The first-order valence-corrected chi connectivity index (χ1v) is 8.82. The molecule has 1 aliphatic rings. The Bertz CT molecular complexity index is 622. The normalized spacial score (nSPS) is 16.4. The van der Waals surface area contributed by atoms with Crippen LogP contribution in [0.15, 0.2) is 18.2 Å². The molecule has 3 N–H and O–H groups in total. The Hall–Kier alpha value is -1.76. The predicted octanol–water partition coefficient (Wildman–Crippen LogP) is 1.67. The molecule has 1 amide bonds. The van der Waals surface area contributed by atoms with Crippen molar-refractivity contribution in [2.75, 3.05) is 12.0 Å². The first-order chi connectivity index (χ1) is 9.85. The quantitative estimate of drug-likeness (QED) is 0.824. The van der Waals surface area contributed by atoms with E-state index in [1.54, 1.807) is 6.07 Å². The lowest BCUT2D eigenvalue weighted by Gasteiger charge is -2.23. The van der Waals surface area contributed by atoms with Crippen molar-refractivity contribution in [3.05, 3.63) is 23.8 Å². The number of nitrogens with one attached hydrogen (secondary N) is 1. The van der Waals surface area contributed by atoms with Gasteiger partial charge in [-0.1, -0.05) is 6.42 Å². The highest BCUT2D eigenvalue weighted by Gasteiger charge is 2.17. The Labute approximate surface area is 124 Å². The molecule has 0 radical (unpaired) electrons. The van der Waals surface area contributed by atoms with Crippen molar-refractivity contribution in [3.63, 3.8) is 0 Å². The molecule has 0 spiro atoms. The highest BCUT2D eigenvalue weighted by molar-refractivity contribution is 7.89. The smallest absolute Gasteiger partial charge is 0.264 e. The van der Waals surface area contributed by atoms with Crippen LogP contribution >= 0.6 is 0 Å². The molecule has 0 aromatic heterocycles. The summed E-state index contributed by atoms with van der Waals surface area (Å²) in [6.45, 7) is 0. The van der Waals surface area contributed by atoms with E-state index in [1.165, 1.54) is 18.6 Å². The van der Waals surface area contributed by atoms with E-state index in [-0.39, 0.29) is 11.7 Å². The molecule has 0 aliphatic heterocycles. The SMILES string of the molecule is CS(=O)(=O)NC(=O)c1ccc(OC2CCCCC2)c(N)c1. The van der Waals surface area contributed by atoms with Crippen LogP contribution < -0.4 is 15.2 Å². The maximum atomic E-state index is 11.7. The second-order valence-electron chi connectivity index (χ2n) is 5.33. The van der Waals surface area contributed by atoms with E-state index in [0.717, 1.165) is 31.9 Å². The molecule has 2 rings (SSSR count). The van der Waals surface area contributed by atoms with Gasteiger partial charge in [-0.2, -0.15) is 0 Å². The minimum absolute atomic E-state index is 0.164. The maximum absolute atomic E-state index is 11.7. The van der Waals surface area contributed by atoms with Crippen LogP contribution in [0.5, 0.6) is 5.75 Å². The molecule has 1 fully saturated rings. The van der Waals surface area contributed by atoms with E-state index >= 15 is 0 Å². The van der Waals surface area contributed by atoms with Crippen molar-refractivity contribution < 1.29 is 17.9 Å². The Kier molecular flexibility index (Phi) is 4.72. The van der Waals surface area contributed by atoms with Crippen molar-refractivity contribution >= 4 is 21.6 Å². The van der Waals surface area contributed by atoms with Crippen molar-refractivity contribution in [1.82, 2.24) is 4.72 Å². The number of nitrogen functional groups attached to an aromatic ring is 1. The van der Waals surface area contributed by atoms with E-state index in [2.05, 4.69) is 0 Å². The van der Waals surface area contributed by atoms with Gasteiger partial charge in [-0.3, -0.25) is 4.79 Å². The number of benzene rings is 1. The summed E-state index contributed by atoms with van der Waals surface area (Å²) in [5, 5.41) is 0. The van der Waals surface area contributed by atoms with Gasteiger partial charge in [-0.15, -0.1) is 0 Å². The summed E-state index contributed by atoms with van der Waals surface area (Å²) in [5.74, 6) is -0.161. The number of anilines is 1. The van der Waals surface area contributed by atoms with Gasteiger partial charge < -0.3 is 10.5 Å². The lowest BCUT2D eigenvalue weighted by molar-refractivity contribution is 0.0981. The first-order valence-electron chi connectivity index (χ1n) is 6.93. The number of ether oxygens (including phenoxy) is 1. The maximum Gasteiger partial charge on any atom is 0.264 e. The first kappa shape index (κ1) is 15.6. The molecule has 0 bridgehead atoms. The second-order valence-corrected chi connectivity index (χ2v) is 7.08. The predicted molar refractivity (Wildman–Crippen MR) is 80.7 cm³/mol. The Morgan fingerprint density at radius 3 is 2.52 bits per heavy atom. The van der Waals surface area contributed by atoms with Gasteiger partial charge in [0, 0.05) is 5.56 Å². The van der Waals surface area contributed by atoms with Gasteiger partial charge in [0.25, 0.3) is 5.91 Å². The van der Waals surface area contributed by atoms with Crippen LogP contribution in [0.25, 0.3) is 0 Å². The fourth-order valence-corrected chi connectivity index (χ4v) is 2.84. The average Bonchev–Trinajstić information content (AvgIpc) is 2.40. The van der Waals surface area contributed by atoms with Crippen molar-refractivity contribution in [3.8, 4) is 5.75 Å². The van der Waals surface area contributed by atoms with Crippen LogP contribution in [-0.2, 0) is 10.0 Å². The molecule has 1 aromatic carbocycles. The van der Waals surface area contributed by atoms with Crippen molar-refractivity contribution in [2.24, 2.45) is 0 Å². The number of carbonyl (C=O) groups excluding carboxylic acids is 1. The Morgan fingerprint density at radius 1 is 1.29 bits per heavy atom. The molecule has 1 aromatic rings. The van der Waals surface area contributed by atoms with Crippen molar-refractivity contribution in [2.45, 2.75) is 38.2 Å². The van der Waals surface area contributed by atoms with Crippen LogP contribution in [-0.4, -0.2) is 26.7 Å². The fraction of sp³-hybridized carbons (Fsp3) is 0.500. The highest BCUT2D eigenvalue weighted by atomic mass is 32.2. The third kappa shape index (κ3) is 4.63. The summed E-state index contributed by atoms with van der Waals surface area (Å²) in [5.41, 5.74) is 6.41. The van der Waals surface area contributed by atoms with Crippen LogP contribution in [0.3, 0.4) is 0 Å². The molecule has 116 valence electrons. The molecule has 0 heterocycles. The van der Waals surface area contributed by atoms with Crippen LogP contribution in [0.4, 0.5) is 5.69 Å². The second kappa shape index (κ2) is 6.34. The zero-order chi connectivity index (χ0) is 15.5. The molecule has 21 heavy (non-hydrogen) atoms. The van der Waals surface area contributed by atoms with Crippen LogP contribution in [0.1, 0.15) is 42.5 Å². The average molecular weight is 312 g/mol. The number of nitrogens with two attached hydrogens (primary N) is 1. The van der Waals surface area contributed by atoms with Crippen LogP contribution in [0.2, 0.25) is 0 Å². The molecular weight excluding hydrogens is 292 g/mol. The van der Waals surface area contributed by atoms with Gasteiger partial charge in [0.1, 0.15) is 5.75 Å². The lowest BCUT2D eigenvalue weighted by Crippen LogP contribution is -2.29. The van der Waals surface area contributed by atoms with Gasteiger partial charge in [-0.05, 0) is 43.9 Å². The summed E-state index contributed by atoms with van der Waals surface area (Å²) in [7, 11) is -3.59. The van der Waals surface area contributed by atoms with E-state index in [0.29, 0.717) is 11.4 Å². The Morgan fingerprint density at radius 2 is 1.95 bits per heavy atom. The van der Waals surface area contributed by atoms with E-state index < -0.39 is 15.9 Å². The fourth-order valence-electron chi connectivity index (χ4n) is 2.39. The number of rotatable bonds is 4. The summed E-state index contributed by atoms with van der Waals surface area (Å²) < 4.78 is 29.8. The molecular formula is C14H20N2O4S. The van der Waals surface area contributed by atoms with Gasteiger partial charge in [0.05, 0.1) is 18.0 Å². The lowest BCUT2D eigenvalue weighted by atomic mass is 9.98. The molecule has 0 atom stereocenters. The summed E-state index contributed by atoms with van der Waals surface area (Å²) in [6.07, 6.45) is 6.65. The van der Waals surface area contributed by atoms with E-state index in [1.807, 2.05) is 4.72 Å². The summed E-state index contributed by atoms with van der Waals surface area (Å²) in [4.78, 5) is 11.7. The zero-order valence-electron chi connectivity index (χ0n) is 12.0. The van der Waals surface area contributed by atoms with Gasteiger partial charge in [0.15, 0.2) is 0 Å². The van der Waals surface area contributed by atoms with Crippen molar-refractivity contribution in [1.29, 1.82) is 0 Å². The number of sulfonamides is 1. The molecule has 0 saturated heterocycles. The summed E-state index contributed by atoms with van der Waals surface area (Å²) >= 11 is 0. The number of amides is 1. The third-order valence-corrected chi connectivity index (χ3v) is 3.95. The minimum Gasteiger partial charge on any atom is -0.488 e. The highest BCUT2D eigenvalue weighted by Crippen LogP contribution is 2.28. The zero-order valence-corrected chi connectivity index (χ0v) is 12.8. The topological polar surface area (TPSA) is 98.5 Å². The largest absolute Gasteiger partial charge is 0.488 e. The summed E-state index contributed by atoms with van der Waals surface area (Å²) in [6, 6.07) is 4.55.